The summed E-state index contributed by atoms with van der Waals surface area (Å²) in [4.78, 5) is 22.8. The largest absolute Gasteiger partial charge is 0.387 e. The second-order valence-electron chi connectivity index (χ2n) is 5.01. The van der Waals surface area contributed by atoms with Gasteiger partial charge in [-0.1, -0.05) is 12.1 Å². The molecule has 0 heterocycles. The fourth-order valence-electron chi connectivity index (χ4n) is 2.11. The normalized spacial score (nSPS) is 10.1. The van der Waals surface area contributed by atoms with Gasteiger partial charge in [0.25, 0.3) is 11.6 Å². The van der Waals surface area contributed by atoms with Gasteiger partial charge in [-0.2, -0.15) is 0 Å². The second-order valence-corrected chi connectivity index (χ2v) is 5.01. The molecule has 6 heteroatoms. The number of nitro benzene ring substituents is 1. The molecule has 0 aromatic heterocycles. The number of nitro groups is 1. The monoisotopic (exact) mass is 299 g/mol. The number of carbonyl (C=O) groups excluding carboxylic acids is 1. The number of anilines is 2. The predicted molar refractivity (Wildman–Crippen MR) is 86.5 cm³/mol. The SMILES string of the molecule is CNc1ccc([N+](=O)[O-])cc1C(=O)Nc1cc(C)ccc1C. The van der Waals surface area contributed by atoms with Crippen molar-refractivity contribution in [1.29, 1.82) is 0 Å². The Balaban J connectivity index is 2.38. The van der Waals surface area contributed by atoms with Crippen molar-refractivity contribution in [2.75, 3.05) is 17.7 Å². The molecular weight excluding hydrogens is 282 g/mol. The highest BCUT2D eigenvalue weighted by atomic mass is 16.6. The topological polar surface area (TPSA) is 84.3 Å². The molecule has 0 saturated heterocycles. The molecule has 2 aromatic rings. The second kappa shape index (κ2) is 6.26. The number of carbonyl (C=O) groups is 1. The van der Waals surface area contributed by atoms with Gasteiger partial charge in [0.1, 0.15) is 0 Å². The molecule has 2 N–H and O–H groups in total. The van der Waals surface area contributed by atoms with E-state index in [0.29, 0.717) is 11.4 Å². The predicted octanol–water partition coefficient (Wildman–Crippen LogP) is 3.51. The summed E-state index contributed by atoms with van der Waals surface area (Å²) < 4.78 is 0. The molecule has 0 atom stereocenters. The first-order valence-electron chi connectivity index (χ1n) is 6.77. The number of aryl methyl sites for hydroxylation is 2. The van der Waals surface area contributed by atoms with Gasteiger partial charge < -0.3 is 10.6 Å². The highest BCUT2D eigenvalue weighted by Crippen LogP contribution is 2.24. The van der Waals surface area contributed by atoms with Crippen molar-refractivity contribution in [1.82, 2.24) is 0 Å². The van der Waals surface area contributed by atoms with Crippen LogP contribution < -0.4 is 10.6 Å². The van der Waals surface area contributed by atoms with Crippen LogP contribution in [0.15, 0.2) is 36.4 Å². The van der Waals surface area contributed by atoms with Crippen LogP contribution in [0.4, 0.5) is 17.1 Å². The van der Waals surface area contributed by atoms with Crippen molar-refractivity contribution < 1.29 is 9.72 Å². The Morgan fingerprint density at radius 3 is 2.45 bits per heavy atom. The fraction of sp³-hybridized carbons (Fsp3) is 0.188. The first-order chi connectivity index (χ1) is 10.4. The van der Waals surface area contributed by atoms with E-state index in [2.05, 4.69) is 10.6 Å². The van der Waals surface area contributed by atoms with Crippen LogP contribution in [-0.2, 0) is 0 Å². The lowest BCUT2D eigenvalue weighted by atomic mass is 10.1. The van der Waals surface area contributed by atoms with Gasteiger partial charge in [0.15, 0.2) is 0 Å². The van der Waals surface area contributed by atoms with Crippen LogP contribution in [0.1, 0.15) is 21.5 Å². The van der Waals surface area contributed by atoms with Crippen molar-refractivity contribution in [2.24, 2.45) is 0 Å². The summed E-state index contributed by atoms with van der Waals surface area (Å²) in [5.74, 6) is -0.387. The van der Waals surface area contributed by atoms with E-state index in [-0.39, 0.29) is 17.2 Å². The van der Waals surface area contributed by atoms with E-state index in [9.17, 15) is 14.9 Å². The maximum Gasteiger partial charge on any atom is 0.270 e. The van der Waals surface area contributed by atoms with E-state index in [1.54, 1.807) is 7.05 Å². The van der Waals surface area contributed by atoms with Gasteiger partial charge in [-0.05, 0) is 37.1 Å². The summed E-state index contributed by atoms with van der Waals surface area (Å²) in [5.41, 5.74) is 3.29. The van der Waals surface area contributed by atoms with Crippen molar-refractivity contribution in [2.45, 2.75) is 13.8 Å². The molecule has 0 aliphatic carbocycles. The quantitative estimate of drug-likeness (QED) is 0.668. The van der Waals surface area contributed by atoms with Crippen LogP contribution in [0.5, 0.6) is 0 Å². The number of nitrogens with zero attached hydrogens (tertiary/aromatic N) is 1. The number of amides is 1. The van der Waals surface area contributed by atoms with Crippen molar-refractivity contribution in [3.05, 3.63) is 63.2 Å². The molecule has 2 rings (SSSR count). The zero-order valence-electron chi connectivity index (χ0n) is 12.6. The van der Waals surface area contributed by atoms with Crippen LogP contribution in [0.25, 0.3) is 0 Å². The number of rotatable bonds is 4. The van der Waals surface area contributed by atoms with Crippen LogP contribution in [-0.4, -0.2) is 17.9 Å². The Labute approximate surface area is 128 Å². The summed E-state index contributed by atoms with van der Waals surface area (Å²) in [6.45, 7) is 3.82. The highest BCUT2D eigenvalue weighted by molar-refractivity contribution is 6.08. The van der Waals surface area contributed by atoms with Crippen LogP contribution in [0, 0.1) is 24.0 Å². The van der Waals surface area contributed by atoms with Gasteiger partial charge in [0.2, 0.25) is 0 Å². The Hall–Kier alpha value is -2.89. The molecule has 0 spiro atoms. The van der Waals surface area contributed by atoms with E-state index in [1.165, 1.54) is 18.2 Å². The van der Waals surface area contributed by atoms with Gasteiger partial charge in [-0.3, -0.25) is 14.9 Å². The molecule has 22 heavy (non-hydrogen) atoms. The van der Waals surface area contributed by atoms with Gasteiger partial charge in [0, 0.05) is 30.6 Å². The molecule has 0 saturated carbocycles. The molecule has 0 radical (unpaired) electrons. The van der Waals surface area contributed by atoms with Crippen LogP contribution in [0.2, 0.25) is 0 Å². The van der Waals surface area contributed by atoms with E-state index in [4.69, 9.17) is 0 Å². The maximum atomic E-state index is 12.5. The summed E-state index contributed by atoms with van der Waals surface area (Å²) in [5, 5.41) is 16.6. The number of hydrogen-bond acceptors (Lipinski definition) is 4. The molecule has 0 bridgehead atoms. The third-order valence-electron chi connectivity index (χ3n) is 3.37. The molecular formula is C16H17N3O3. The van der Waals surface area contributed by atoms with E-state index in [1.807, 2.05) is 32.0 Å². The van der Waals surface area contributed by atoms with Crippen LogP contribution >= 0.6 is 0 Å². The minimum Gasteiger partial charge on any atom is -0.387 e. The lowest BCUT2D eigenvalue weighted by molar-refractivity contribution is -0.384. The number of hydrogen-bond donors (Lipinski definition) is 2. The van der Waals surface area contributed by atoms with Crippen LogP contribution in [0.3, 0.4) is 0 Å². The Morgan fingerprint density at radius 2 is 1.82 bits per heavy atom. The van der Waals surface area contributed by atoms with Gasteiger partial charge in [-0.15, -0.1) is 0 Å². The smallest absolute Gasteiger partial charge is 0.270 e. The number of non-ortho nitro benzene ring substituents is 1. The molecule has 0 unspecified atom stereocenters. The van der Waals surface area contributed by atoms with E-state index >= 15 is 0 Å². The Kier molecular flexibility index (Phi) is 4.41. The minimum atomic E-state index is -0.520. The van der Waals surface area contributed by atoms with Crippen molar-refractivity contribution >= 4 is 23.0 Å². The average molecular weight is 299 g/mol. The molecule has 0 fully saturated rings. The van der Waals surface area contributed by atoms with Crippen molar-refractivity contribution in [3.63, 3.8) is 0 Å². The number of nitrogens with one attached hydrogen (secondary N) is 2. The van der Waals surface area contributed by atoms with Gasteiger partial charge in [-0.25, -0.2) is 0 Å². The molecule has 114 valence electrons. The lowest BCUT2D eigenvalue weighted by Gasteiger charge is -2.12. The maximum absolute atomic E-state index is 12.5. The molecule has 0 aliphatic heterocycles. The average Bonchev–Trinajstić information content (AvgIpc) is 2.50. The summed E-state index contributed by atoms with van der Waals surface area (Å²) in [6, 6.07) is 9.89. The summed E-state index contributed by atoms with van der Waals surface area (Å²) >= 11 is 0. The number of benzene rings is 2. The van der Waals surface area contributed by atoms with E-state index in [0.717, 1.165) is 11.1 Å². The van der Waals surface area contributed by atoms with Gasteiger partial charge >= 0.3 is 0 Å². The third kappa shape index (κ3) is 3.22. The first kappa shape index (κ1) is 15.5. The Bertz CT molecular complexity index is 741. The zero-order valence-corrected chi connectivity index (χ0v) is 12.6. The fourth-order valence-corrected chi connectivity index (χ4v) is 2.11. The highest BCUT2D eigenvalue weighted by Gasteiger charge is 2.17. The van der Waals surface area contributed by atoms with Gasteiger partial charge in [0.05, 0.1) is 10.5 Å². The molecule has 1 amide bonds. The third-order valence-corrected chi connectivity index (χ3v) is 3.37. The zero-order chi connectivity index (χ0) is 16.3. The summed E-state index contributed by atoms with van der Waals surface area (Å²) in [6.07, 6.45) is 0. The molecule has 6 nitrogen and oxygen atoms in total. The summed E-state index contributed by atoms with van der Waals surface area (Å²) in [7, 11) is 1.66. The Morgan fingerprint density at radius 1 is 1.09 bits per heavy atom. The first-order valence-corrected chi connectivity index (χ1v) is 6.77. The molecule has 2 aromatic carbocycles. The standard InChI is InChI=1S/C16H17N3O3/c1-10-4-5-11(2)15(8-10)18-16(20)13-9-12(19(21)22)6-7-14(13)17-3/h4-9,17H,1-3H3,(H,18,20). The molecule has 0 aliphatic rings. The van der Waals surface area contributed by atoms with E-state index < -0.39 is 4.92 Å². The lowest BCUT2D eigenvalue weighted by Crippen LogP contribution is -2.15. The minimum absolute atomic E-state index is 0.120. The van der Waals surface area contributed by atoms with Crippen molar-refractivity contribution in [3.8, 4) is 0 Å².